The number of esters is 1. The Morgan fingerprint density at radius 3 is 2.05 bits per heavy atom. The highest BCUT2D eigenvalue weighted by atomic mass is 19.1. The van der Waals surface area contributed by atoms with E-state index in [1.54, 1.807) is 32.9 Å². The Morgan fingerprint density at radius 1 is 0.774 bits per heavy atom. The van der Waals surface area contributed by atoms with Crippen LogP contribution in [0.4, 0.5) is 4.39 Å². The third kappa shape index (κ3) is 25.5. The number of carbonyl (C=O) groups is 10. The van der Waals surface area contributed by atoms with E-state index in [0.29, 0.717) is 88.1 Å². The Labute approximate surface area is 540 Å². The maximum atomic E-state index is 14.6. The summed E-state index contributed by atoms with van der Waals surface area (Å²) in [5, 5.41) is 30.6. The van der Waals surface area contributed by atoms with Crippen LogP contribution in [-0.2, 0) is 68.5 Å². The third-order valence-corrected chi connectivity index (χ3v) is 16.2. The molecule has 29 nitrogen and oxygen atoms in total. The zero-order chi connectivity index (χ0) is 67.1. The van der Waals surface area contributed by atoms with Crippen LogP contribution < -0.4 is 26.0 Å². The molecule has 0 aliphatic carbocycles. The van der Waals surface area contributed by atoms with Crippen molar-refractivity contribution < 1.29 is 81.1 Å². The second-order valence-corrected chi connectivity index (χ2v) is 23.4. The Balaban J connectivity index is 1.05. The van der Waals surface area contributed by atoms with Gasteiger partial charge in [-0.05, 0) is 69.4 Å². The number of nitrogens with zero attached hydrogens (tertiary/aromatic N) is 9. The molecule has 1 aromatic heterocycles. The zero-order valence-corrected chi connectivity index (χ0v) is 53.3. The summed E-state index contributed by atoms with van der Waals surface area (Å²) in [4.78, 5) is 145. The highest BCUT2D eigenvalue weighted by molar-refractivity contribution is 6.07. The largest absolute Gasteiger partial charge is 0.494 e. The quantitative estimate of drug-likeness (QED) is 0.0221. The smallest absolute Gasteiger partial charge is 0.317 e. The molecule has 6 amide bonds. The van der Waals surface area contributed by atoms with Crippen molar-refractivity contribution in [1.82, 2.24) is 60.6 Å². The number of halogens is 1. The molecule has 3 saturated heterocycles. The van der Waals surface area contributed by atoms with E-state index in [-0.39, 0.29) is 130 Å². The molecule has 6 rings (SSSR count). The lowest BCUT2D eigenvalue weighted by Gasteiger charge is -2.36. The molecular formula is C63H88FN13O16. The highest BCUT2D eigenvalue weighted by Crippen LogP contribution is 2.30. The second-order valence-electron chi connectivity index (χ2n) is 23.4. The number of hydrogen-bond donors (Lipinski definition) is 5. The number of hydrogen-bond acceptors (Lipinski definition) is 22. The molecule has 3 aliphatic heterocycles. The predicted octanol–water partition coefficient (Wildman–Crippen LogP) is -0.316. The average Bonchev–Trinajstić information content (AvgIpc) is 1.87. The summed E-state index contributed by atoms with van der Waals surface area (Å²) in [5.41, 5.74) is 1.31. The minimum Gasteiger partial charge on any atom is -0.494 e. The van der Waals surface area contributed by atoms with Crippen molar-refractivity contribution in [2.45, 2.75) is 82.6 Å². The van der Waals surface area contributed by atoms with Gasteiger partial charge in [0.2, 0.25) is 29.5 Å². The number of nitriles is 1. The summed E-state index contributed by atoms with van der Waals surface area (Å²) in [5.74, 6) is -4.61. The van der Waals surface area contributed by atoms with Gasteiger partial charge in [-0.2, -0.15) is 5.26 Å². The van der Waals surface area contributed by atoms with Gasteiger partial charge in [0.15, 0.2) is 0 Å². The minimum atomic E-state index is -1.71. The fraction of sp³-hybridized carbons (Fsp3) is 0.587. The molecule has 3 fully saturated rings. The van der Waals surface area contributed by atoms with Crippen LogP contribution in [0.25, 0.3) is 10.9 Å². The molecule has 0 radical (unpaired) electrons. The first-order chi connectivity index (χ1) is 44.8. The summed E-state index contributed by atoms with van der Waals surface area (Å²) in [6.07, 6.45) is 3.01. The number of benzene rings is 2. The number of amides is 6. The number of aliphatic carboxylic acids is 1. The molecular weight excluding hydrogens is 1210 g/mol. The number of ether oxygens (including phenoxy) is 5. The molecule has 4 heterocycles. The number of alkyl halides is 1. The van der Waals surface area contributed by atoms with Crippen molar-refractivity contribution in [3.8, 4) is 11.8 Å². The number of fused-ring (bicyclic) bond motifs is 1. The van der Waals surface area contributed by atoms with Crippen LogP contribution >= 0.6 is 0 Å². The molecule has 5 N–H and O–H groups in total. The van der Waals surface area contributed by atoms with Gasteiger partial charge in [-0.25, -0.2) is 4.39 Å². The van der Waals surface area contributed by atoms with Crippen LogP contribution in [0.15, 0.2) is 54.7 Å². The van der Waals surface area contributed by atoms with E-state index >= 15 is 0 Å². The number of rotatable bonds is 34. The second kappa shape index (κ2) is 38.5. The van der Waals surface area contributed by atoms with Crippen LogP contribution in [0, 0.1) is 18.3 Å². The standard InChI is InChI=1S/C63H88FN13O16/c1-46-8-10-47(11-9-46)6-4-7-55(80)67-17-33-90-32-15-53(69-56(81)39-72-19-20-73(40-58(83)84)22-24-75(43-92-45-79)26-25-74(23-21-72)42-91-44-78)61(87)70-54(35-59(85)89-3)62(88)76-29-27-71(28-30-76)18-5-31-93-49-12-13-52-51(34-49)50(14-16-66-52)60(86)68-38-57(82)77-41-63(2,64)36-48(77)37-65/h8-14,16,34,44-45,48,53-54H,4-7,15,17-33,35-36,38-43H2,1-3H3,(H,67,80)(H,68,86)(H,69,81)(H,70,87)(H,83,84)/t48-,53+,54+,63?/m1/s1. The van der Waals surface area contributed by atoms with Crippen molar-refractivity contribution in [1.29, 1.82) is 5.26 Å². The minimum absolute atomic E-state index is 0.0464. The van der Waals surface area contributed by atoms with Gasteiger partial charge in [-0.15, -0.1) is 0 Å². The Kier molecular flexibility index (Phi) is 30.5. The van der Waals surface area contributed by atoms with Crippen LogP contribution in [0.2, 0.25) is 0 Å². The molecule has 3 aliphatic rings. The Morgan fingerprint density at radius 2 is 1.42 bits per heavy atom. The number of piperazine rings is 1. The fourth-order valence-electron chi connectivity index (χ4n) is 11.0. The van der Waals surface area contributed by atoms with E-state index in [1.165, 1.54) is 19.2 Å². The van der Waals surface area contributed by atoms with Crippen molar-refractivity contribution in [3.05, 3.63) is 71.4 Å². The normalized spacial score (nSPS) is 18.7. The highest BCUT2D eigenvalue weighted by Gasteiger charge is 2.43. The van der Waals surface area contributed by atoms with E-state index in [0.717, 1.165) is 29.6 Å². The summed E-state index contributed by atoms with van der Waals surface area (Å²) in [6.45, 7) is 7.21. The molecule has 3 aromatic rings. The SMILES string of the molecule is COC(=O)C[C@H](NC(=O)[C@H](CCOCCNC(=O)CCCc1ccc(C)cc1)NC(=O)CN1CCN(COC=O)CCN(COC=O)CCN(CC(=O)O)CC1)C(=O)N1CCN(CCCOc2ccc3nccc(C(=O)NCC(=O)N4CC(C)(F)C[C@@H]4C#N)c3c2)CC1. The molecule has 2 aromatic carbocycles. The summed E-state index contributed by atoms with van der Waals surface area (Å²) in [6, 6.07) is 13.0. The van der Waals surface area contributed by atoms with E-state index in [9.17, 15) is 62.7 Å². The molecule has 30 heteroatoms. The Hall–Kier alpha value is -8.47. The van der Waals surface area contributed by atoms with Gasteiger partial charge in [0, 0.05) is 123 Å². The van der Waals surface area contributed by atoms with Crippen LogP contribution in [0.3, 0.4) is 0 Å². The topological polar surface area (TPSA) is 345 Å². The molecule has 0 saturated carbocycles. The van der Waals surface area contributed by atoms with Crippen molar-refractivity contribution in [2.75, 3.05) is 158 Å². The fourth-order valence-corrected chi connectivity index (χ4v) is 11.0. The monoisotopic (exact) mass is 1300 g/mol. The number of likely N-dealkylation sites (tertiary alicyclic amines) is 1. The lowest BCUT2D eigenvalue weighted by Crippen LogP contribution is -2.58. The number of pyridine rings is 1. The lowest BCUT2D eigenvalue weighted by atomic mass is 10.1. The van der Waals surface area contributed by atoms with Gasteiger partial charge in [-0.1, -0.05) is 29.8 Å². The number of carboxylic acid groups (broad SMARTS) is 1. The predicted molar refractivity (Wildman–Crippen MR) is 333 cm³/mol. The summed E-state index contributed by atoms with van der Waals surface area (Å²) >= 11 is 0. The van der Waals surface area contributed by atoms with Crippen molar-refractivity contribution in [2.24, 2.45) is 0 Å². The first-order valence-corrected chi connectivity index (χ1v) is 31.2. The van der Waals surface area contributed by atoms with Gasteiger partial charge in [0.25, 0.3) is 18.9 Å². The van der Waals surface area contributed by atoms with Gasteiger partial charge in [0.05, 0.1) is 70.1 Å². The van der Waals surface area contributed by atoms with Crippen molar-refractivity contribution >= 4 is 71.2 Å². The van der Waals surface area contributed by atoms with Crippen molar-refractivity contribution in [3.63, 3.8) is 0 Å². The summed E-state index contributed by atoms with van der Waals surface area (Å²) < 4.78 is 41.6. The molecule has 4 atom stereocenters. The number of carboxylic acids is 1. The lowest BCUT2D eigenvalue weighted by molar-refractivity contribution is -0.147. The number of methoxy groups -OCH3 is 1. The van der Waals surface area contributed by atoms with Gasteiger partial charge in [0.1, 0.15) is 43.0 Å². The number of carbonyl (C=O) groups excluding carboxylic acids is 9. The molecule has 508 valence electrons. The number of aryl methyl sites for hydroxylation is 2. The molecule has 0 spiro atoms. The molecule has 0 bridgehead atoms. The van der Waals surface area contributed by atoms with Gasteiger partial charge in [-0.3, -0.25) is 77.4 Å². The van der Waals surface area contributed by atoms with E-state index in [4.69, 9.17) is 23.7 Å². The zero-order valence-electron chi connectivity index (χ0n) is 53.3. The van der Waals surface area contributed by atoms with Crippen LogP contribution in [0.5, 0.6) is 5.75 Å². The van der Waals surface area contributed by atoms with Gasteiger partial charge >= 0.3 is 11.9 Å². The first kappa shape index (κ1) is 73.6. The number of aromatic nitrogens is 1. The van der Waals surface area contributed by atoms with E-state index in [1.807, 2.05) is 47.1 Å². The Bertz CT molecular complexity index is 3020. The van der Waals surface area contributed by atoms with E-state index in [2.05, 4.69) is 31.2 Å². The van der Waals surface area contributed by atoms with Gasteiger partial charge < -0.3 is 59.9 Å². The third-order valence-electron chi connectivity index (χ3n) is 16.2. The average molecular weight is 1300 g/mol. The first-order valence-electron chi connectivity index (χ1n) is 31.2. The number of nitrogens with one attached hydrogen (secondary N) is 4. The molecule has 1 unspecified atom stereocenters. The maximum Gasteiger partial charge on any atom is 0.317 e. The van der Waals surface area contributed by atoms with E-state index < -0.39 is 78.2 Å². The summed E-state index contributed by atoms with van der Waals surface area (Å²) in [7, 11) is 1.16. The van der Waals surface area contributed by atoms with Crippen LogP contribution in [-0.4, -0.2) is 287 Å². The molecule has 93 heavy (non-hydrogen) atoms. The van der Waals surface area contributed by atoms with Crippen LogP contribution in [0.1, 0.15) is 66.9 Å². The maximum absolute atomic E-state index is 14.6.